The summed E-state index contributed by atoms with van der Waals surface area (Å²) in [6, 6.07) is 10.6. The highest BCUT2D eigenvalue weighted by Crippen LogP contribution is 2.37. The Morgan fingerprint density at radius 2 is 1.66 bits per heavy atom. The van der Waals surface area contributed by atoms with E-state index in [0.717, 1.165) is 11.3 Å². The van der Waals surface area contributed by atoms with Gasteiger partial charge in [0.05, 0.1) is 30.4 Å². The average Bonchev–Trinajstić information content (AvgIpc) is 2.74. The van der Waals surface area contributed by atoms with Crippen molar-refractivity contribution in [2.75, 3.05) is 26.9 Å². The lowest BCUT2D eigenvalue weighted by molar-refractivity contribution is 0.122. The highest BCUT2D eigenvalue weighted by molar-refractivity contribution is 6.55. The molecule has 0 amide bonds. The van der Waals surface area contributed by atoms with Crippen molar-refractivity contribution in [3.8, 4) is 29.1 Å². The third-order valence-corrected chi connectivity index (χ3v) is 4.57. The molecule has 9 heteroatoms. The SMILES string of the molecule is C=C(C#Cc1ccc(OCCCOc2c(Cl)cc(OCC=C(Cl)Cl)cc2Cl)cc1)NOC. The maximum absolute atomic E-state index is 6.25. The van der Waals surface area contributed by atoms with E-state index in [1.54, 1.807) is 12.1 Å². The second-order valence-electron chi connectivity index (χ2n) is 6.13. The lowest BCUT2D eigenvalue weighted by Crippen LogP contribution is -2.07. The molecule has 170 valence electrons. The van der Waals surface area contributed by atoms with Gasteiger partial charge in [0.25, 0.3) is 0 Å². The molecule has 2 rings (SSSR count). The molecular weight excluding hydrogens is 496 g/mol. The summed E-state index contributed by atoms with van der Waals surface area (Å²) >= 11 is 23.6. The van der Waals surface area contributed by atoms with E-state index in [2.05, 4.69) is 23.9 Å². The van der Waals surface area contributed by atoms with Crippen LogP contribution >= 0.6 is 46.4 Å². The number of hydrogen-bond acceptors (Lipinski definition) is 5. The van der Waals surface area contributed by atoms with Gasteiger partial charge in [-0.05, 0) is 36.3 Å². The fourth-order valence-electron chi connectivity index (χ4n) is 2.31. The molecule has 0 fully saturated rings. The Labute approximate surface area is 207 Å². The Hall–Kier alpha value is -2.20. The van der Waals surface area contributed by atoms with Crippen molar-refractivity contribution < 1.29 is 19.0 Å². The third kappa shape index (κ3) is 9.52. The number of hydroxylamine groups is 1. The summed E-state index contributed by atoms with van der Waals surface area (Å²) in [6.45, 7) is 4.74. The summed E-state index contributed by atoms with van der Waals surface area (Å²) in [6.07, 6.45) is 2.14. The minimum atomic E-state index is 0.121. The van der Waals surface area contributed by atoms with Gasteiger partial charge in [0.2, 0.25) is 0 Å². The van der Waals surface area contributed by atoms with Crippen LogP contribution in [-0.2, 0) is 4.84 Å². The first-order valence-corrected chi connectivity index (χ1v) is 10.9. The van der Waals surface area contributed by atoms with Crippen LogP contribution in [0.15, 0.2) is 59.2 Å². The molecule has 0 heterocycles. The molecule has 0 aliphatic rings. The topological polar surface area (TPSA) is 49.0 Å². The molecule has 0 spiro atoms. The van der Waals surface area contributed by atoms with Crippen molar-refractivity contribution in [3.63, 3.8) is 0 Å². The largest absolute Gasteiger partial charge is 0.493 e. The highest BCUT2D eigenvalue weighted by Gasteiger charge is 2.10. The van der Waals surface area contributed by atoms with Gasteiger partial charge in [0.15, 0.2) is 5.75 Å². The number of ether oxygens (including phenoxy) is 3. The highest BCUT2D eigenvalue weighted by atomic mass is 35.5. The van der Waals surface area contributed by atoms with E-state index in [4.69, 9.17) is 65.5 Å². The first-order chi connectivity index (χ1) is 15.4. The minimum absolute atomic E-state index is 0.121. The standard InChI is InChI=1S/C23H21Cl4NO4/c1-16(28-29-2)4-5-17-6-8-18(9-7-17)30-11-3-12-32-23-20(24)14-19(15-21(23)25)31-13-10-22(26)27/h6-10,14-15,28H,1,3,11-13H2,2H3. The number of hydrogen-bond donors (Lipinski definition) is 1. The van der Waals surface area contributed by atoms with Gasteiger partial charge >= 0.3 is 0 Å². The molecule has 0 bridgehead atoms. The van der Waals surface area contributed by atoms with Crippen LogP contribution in [0.2, 0.25) is 10.0 Å². The molecule has 0 aliphatic heterocycles. The summed E-state index contributed by atoms with van der Waals surface area (Å²) in [4.78, 5) is 4.73. The normalized spacial score (nSPS) is 9.91. The molecule has 0 radical (unpaired) electrons. The van der Waals surface area contributed by atoms with Crippen LogP contribution in [0.1, 0.15) is 12.0 Å². The molecule has 0 atom stereocenters. The molecule has 0 saturated carbocycles. The van der Waals surface area contributed by atoms with E-state index in [-0.39, 0.29) is 11.1 Å². The Morgan fingerprint density at radius 3 is 2.28 bits per heavy atom. The Balaban J connectivity index is 1.76. The van der Waals surface area contributed by atoms with Gasteiger partial charge in [0.1, 0.15) is 28.3 Å². The predicted molar refractivity (Wildman–Crippen MR) is 130 cm³/mol. The van der Waals surface area contributed by atoms with Crippen LogP contribution in [0.4, 0.5) is 0 Å². The van der Waals surface area contributed by atoms with Gasteiger partial charge in [-0.1, -0.05) is 58.9 Å². The zero-order valence-electron chi connectivity index (χ0n) is 17.2. The maximum Gasteiger partial charge on any atom is 0.156 e. The average molecular weight is 517 g/mol. The molecule has 1 N–H and O–H groups in total. The molecule has 0 aliphatic carbocycles. The van der Waals surface area contributed by atoms with Crippen molar-refractivity contribution in [3.05, 3.63) is 74.9 Å². The summed E-state index contributed by atoms with van der Waals surface area (Å²) in [5.41, 5.74) is 3.87. The molecule has 32 heavy (non-hydrogen) atoms. The van der Waals surface area contributed by atoms with Crippen molar-refractivity contribution in [1.82, 2.24) is 5.48 Å². The van der Waals surface area contributed by atoms with Crippen LogP contribution in [0, 0.1) is 11.8 Å². The molecule has 5 nitrogen and oxygen atoms in total. The molecule has 0 saturated heterocycles. The van der Waals surface area contributed by atoms with E-state index in [1.807, 2.05) is 24.3 Å². The van der Waals surface area contributed by atoms with Crippen LogP contribution in [-0.4, -0.2) is 26.9 Å². The van der Waals surface area contributed by atoms with Crippen LogP contribution in [0.3, 0.4) is 0 Å². The Morgan fingerprint density at radius 1 is 1.00 bits per heavy atom. The van der Waals surface area contributed by atoms with Gasteiger partial charge in [-0.15, -0.1) is 0 Å². The first-order valence-electron chi connectivity index (χ1n) is 9.37. The van der Waals surface area contributed by atoms with Crippen molar-refractivity contribution in [2.24, 2.45) is 0 Å². The third-order valence-electron chi connectivity index (χ3n) is 3.70. The lowest BCUT2D eigenvalue weighted by Gasteiger charge is -2.12. The number of rotatable bonds is 11. The van der Waals surface area contributed by atoms with E-state index in [0.29, 0.717) is 46.9 Å². The van der Waals surface area contributed by atoms with Gasteiger partial charge in [-0.3, -0.25) is 10.3 Å². The van der Waals surface area contributed by atoms with E-state index >= 15 is 0 Å². The Bertz CT molecular complexity index is 970. The number of nitrogens with one attached hydrogen (secondary N) is 1. The number of halogens is 4. The van der Waals surface area contributed by atoms with Crippen LogP contribution < -0.4 is 19.7 Å². The Kier molecular flexibility index (Phi) is 11.4. The van der Waals surface area contributed by atoms with E-state index in [1.165, 1.54) is 13.2 Å². The second-order valence-corrected chi connectivity index (χ2v) is 7.95. The van der Waals surface area contributed by atoms with Gasteiger partial charge in [-0.2, -0.15) is 0 Å². The lowest BCUT2D eigenvalue weighted by atomic mass is 10.2. The molecule has 2 aromatic rings. The first kappa shape index (κ1) is 26.1. The zero-order chi connectivity index (χ0) is 23.3. The van der Waals surface area contributed by atoms with E-state index in [9.17, 15) is 0 Å². The molecule has 0 unspecified atom stereocenters. The molecule has 2 aromatic carbocycles. The fraction of sp³-hybridized carbons (Fsp3) is 0.217. The molecular formula is C23H21Cl4NO4. The summed E-state index contributed by atoms with van der Waals surface area (Å²) < 4.78 is 17.0. The summed E-state index contributed by atoms with van der Waals surface area (Å²) in [5, 5.41) is 0.684. The second kappa shape index (κ2) is 14.1. The maximum atomic E-state index is 6.25. The number of benzene rings is 2. The quantitative estimate of drug-likeness (QED) is 0.208. The summed E-state index contributed by atoms with van der Waals surface area (Å²) in [5.74, 6) is 7.40. The van der Waals surface area contributed by atoms with Crippen molar-refractivity contribution in [2.45, 2.75) is 6.42 Å². The van der Waals surface area contributed by atoms with E-state index < -0.39 is 0 Å². The predicted octanol–water partition coefficient (Wildman–Crippen LogP) is 6.56. The smallest absolute Gasteiger partial charge is 0.156 e. The zero-order valence-corrected chi connectivity index (χ0v) is 20.2. The van der Waals surface area contributed by atoms with Crippen molar-refractivity contribution in [1.29, 1.82) is 0 Å². The molecule has 0 aromatic heterocycles. The minimum Gasteiger partial charge on any atom is -0.493 e. The van der Waals surface area contributed by atoms with Gasteiger partial charge in [-0.25, -0.2) is 0 Å². The van der Waals surface area contributed by atoms with Crippen LogP contribution in [0.25, 0.3) is 0 Å². The van der Waals surface area contributed by atoms with Gasteiger partial charge in [0, 0.05) is 24.1 Å². The van der Waals surface area contributed by atoms with Gasteiger partial charge < -0.3 is 14.2 Å². The summed E-state index contributed by atoms with van der Waals surface area (Å²) in [7, 11) is 1.50. The van der Waals surface area contributed by atoms with Crippen molar-refractivity contribution >= 4 is 46.4 Å². The number of allylic oxidation sites excluding steroid dienone is 1. The fourth-order valence-corrected chi connectivity index (χ4v) is 3.01. The van der Waals surface area contributed by atoms with Crippen LogP contribution in [0.5, 0.6) is 17.2 Å². The monoisotopic (exact) mass is 515 g/mol.